The highest BCUT2D eigenvalue weighted by Gasteiger charge is 2.13. The molecule has 1 aliphatic carbocycles. The first-order chi connectivity index (χ1) is 8.25. The van der Waals surface area contributed by atoms with Gasteiger partial charge in [-0.15, -0.1) is 11.8 Å². The van der Waals surface area contributed by atoms with Crippen LogP contribution in [-0.4, -0.2) is 5.75 Å². The van der Waals surface area contributed by atoms with E-state index < -0.39 is 0 Å². The van der Waals surface area contributed by atoms with Crippen molar-refractivity contribution in [2.45, 2.75) is 50.3 Å². The number of nitrogens with two attached hydrogens (primary N) is 1. The maximum Gasteiger partial charge on any atom is 0.0325 e. The van der Waals surface area contributed by atoms with Crippen molar-refractivity contribution >= 4 is 17.4 Å². The van der Waals surface area contributed by atoms with Crippen molar-refractivity contribution in [3.05, 3.63) is 23.8 Å². The molecule has 1 aromatic carbocycles. The molecule has 94 valence electrons. The maximum atomic E-state index is 5.83. The van der Waals surface area contributed by atoms with Crippen LogP contribution in [0.4, 0.5) is 5.69 Å². The van der Waals surface area contributed by atoms with Gasteiger partial charge in [-0.1, -0.05) is 38.2 Å². The molecule has 0 aromatic heterocycles. The molecule has 1 aromatic rings. The van der Waals surface area contributed by atoms with Gasteiger partial charge in [0.1, 0.15) is 0 Å². The lowest BCUT2D eigenvalue weighted by atomic mass is 9.88. The summed E-state index contributed by atoms with van der Waals surface area (Å²) in [4.78, 5) is 1.36. The summed E-state index contributed by atoms with van der Waals surface area (Å²) in [6.45, 7) is 2.17. The van der Waals surface area contributed by atoms with Crippen LogP contribution in [0.25, 0.3) is 0 Å². The predicted molar refractivity (Wildman–Crippen MR) is 77.5 cm³/mol. The van der Waals surface area contributed by atoms with Gasteiger partial charge < -0.3 is 5.73 Å². The summed E-state index contributed by atoms with van der Waals surface area (Å²) < 4.78 is 0. The van der Waals surface area contributed by atoms with Gasteiger partial charge in [0, 0.05) is 10.6 Å². The van der Waals surface area contributed by atoms with Gasteiger partial charge in [0.25, 0.3) is 0 Å². The Kier molecular flexibility index (Phi) is 4.78. The fourth-order valence-electron chi connectivity index (χ4n) is 2.58. The number of aryl methyl sites for hydroxylation is 1. The first-order valence-corrected chi connectivity index (χ1v) is 7.73. The Morgan fingerprint density at radius 3 is 2.76 bits per heavy atom. The summed E-state index contributed by atoms with van der Waals surface area (Å²) in [7, 11) is 0. The third kappa shape index (κ3) is 3.95. The van der Waals surface area contributed by atoms with Crippen LogP contribution in [0.2, 0.25) is 0 Å². The largest absolute Gasteiger partial charge is 0.399 e. The molecule has 2 heteroatoms. The van der Waals surface area contributed by atoms with E-state index in [0.29, 0.717) is 0 Å². The molecular weight excluding hydrogens is 226 g/mol. The number of hydrogen-bond donors (Lipinski definition) is 1. The number of thioether (sulfide) groups is 1. The molecule has 0 bridgehead atoms. The Morgan fingerprint density at radius 1 is 1.24 bits per heavy atom. The number of nitrogen functional groups attached to an aromatic ring is 1. The van der Waals surface area contributed by atoms with E-state index in [1.807, 2.05) is 17.8 Å². The number of rotatable bonds is 4. The highest BCUT2D eigenvalue weighted by molar-refractivity contribution is 7.99. The van der Waals surface area contributed by atoms with Gasteiger partial charge in [0.15, 0.2) is 0 Å². The van der Waals surface area contributed by atoms with Crippen LogP contribution < -0.4 is 5.73 Å². The fourth-order valence-corrected chi connectivity index (χ4v) is 3.77. The topological polar surface area (TPSA) is 26.0 Å². The van der Waals surface area contributed by atoms with E-state index in [4.69, 9.17) is 5.73 Å². The minimum absolute atomic E-state index is 0.885. The van der Waals surface area contributed by atoms with Crippen molar-refractivity contribution in [1.82, 2.24) is 0 Å². The molecule has 0 aliphatic heterocycles. The van der Waals surface area contributed by atoms with Crippen molar-refractivity contribution in [1.29, 1.82) is 0 Å². The van der Waals surface area contributed by atoms with E-state index in [2.05, 4.69) is 19.1 Å². The summed E-state index contributed by atoms with van der Waals surface area (Å²) in [5, 5.41) is 0. The number of anilines is 1. The summed E-state index contributed by atoms with van der Waals surface area (Å²) in [5.74, 6) is 2.23. The normalized spacial score (nSPS) is 17.2. The Labute approximate surface area is 109 Å². The van der Waals surface area contributed by atoms with E-state index in [1.54, 1.807) is 0 Å². The molecule has 0 unspecified atom stereocenters. The van der Waals surface area contributed by atoms with Gasteiger partial charge >= 0.3 is 0 Å². The van der Waals surface area contributed by atoms with Gasteiger partial charge in [-0.2, -0.15) is 0 Å². The maximum absolute atomic E-state index is 5.83. The average Bonchev–Trinajstić information content (AvgIpc) is 2.35. The molecule has 1 saturated carbocycles. The lowest BCUT2D eigenvalue weighted by Gasteiger charge is -2.21. The van der Waals surface area contributed by atoms with Crippen LogP contribution >= 0.6 is 11.8 Å². The lowest BCUT2D eigenvalue weighted by molar-refractivity contribution is 0.351. The summed E-state index contributed by atoms with van der Waals surface area (Å²) >= 11 is 1.97. The van der Waals surface area contributed by atoms with E-state index in [-0.39, 0.29) is 0 Å². The third-order valence-corrected chi connectivity index (χ3v) is 4.91. The summed E-state index contributed by atoms with van der Waals surface area (Å²) in [5.41, 5.74) is 8.07. The molecule has 17 heavy (non-hydrogen) atoms. The van der Waals surface area contributed by atoms with Gasteiger partial charge in [-0.3, -0.25) is 0 Å². The molecule has 0 heterocycles. The SMILES string of the molecule is Cc1ccc(N)cc1SCCC1CCCCC1. The second kappa shape index (κ2) is 6.34. The zero-order valence-electron chi connectivity index (χ0n) is 10.7. The zero-order chi connectivity index (χ0) is 12.1. The van der Waals surface area contributed by atoms with Crippen LogP contribution in [0.1, 0.15) is 44.1 Å². The Bertz CT molecular complexity index is 356. The smallest absolute Gasteiger partial charge is 0.0325 e. The van der Waals surface area contributed by atoms with Gasteiger partial charge in [0.2, 0.25) is 0 Å². The first-order valence-electron chi connectivity index (χ1n) is 6.74. The molecule has 2 rings (SSSR count). The highest BCUT2D eigenvalue weighted by Crippen LogP contribution is 2.30. The van der Waals surface area contributed by atoms with Crippen molar-refractivity contribution in [3.8, 4) is 0 Å². The Morgan fingerprint density at radius 2 is 2.00 bits per heavy atom. The van der Waals surface area contributed by atoms with Crippen LogP contribution in [0.5, 0.6) is 0 Å². The molecule has 1 nitrogen and oxygen atoms in total. The molecule has 1 aliphatic rings. The van der Waals surface area contributed by atoms with Crippen LogP contribution in [0.15, 0.2) is 23.1 Å². The van der Waals surface area contributed by atoms with Crippen LogP contribution in [-0.2, 0) is 0 Å². The first kappa shape index (κ1) is 12.8. The third-order valence-electron chi connectivity index (χ3n) is 3.72. The molecule has 0 atom stereocenters. The van der Waals surface area contributed by atoms with E-state index >= 15 is 0 Å². The van der Waals surface area contributed by atoms with Crippen LogP contribution in [0, 0.1) is 12.8 Å². The van der Waals surface area contributed by atoms with Crippen molar-refractivity contribution in [2.24, 2.45) is 5.92 Å². The Hall–Kier alpha value is -0.630. The molecule has 2 N–H and O–H groups in total. The molecule has 0 amide bonds. The predicted octanol–water partition coefficient (Wildman–Crippen LogP) is 4.64. The summed E-state index contributed by atoms with van der Waals surface area (Å²) in [6, 6.07) is 6.22. The molecule has 0 saturated heterocycles. The minimum atomic E-state index is 0.885. The molecule has 1 fully saturated rings. The zero-order valence-corrected chi connectivity index (χ0v) is 11.6. The van der Waals surface area contributed by atoms with Crippen molar-refractivity contribution < 1.29 is 0 Å². The van der Waals surface area contributed by atoms with Gasteiger partial charge in [-0.25, -0.2) is 0 Å². The van der Waals surface area contributed by atoms with Gasteiger partial charge in [0.05, 0.1) is 0 Å². The second-order valence-corrected chi connectivity index (χ2v) is 6.30. The monoisotopic (exact) mass is 249 g/mol. The second-order valence-electron chi connectivity index (χ2n) is 5.17. The fraction of sp³-hybridized carbons (Fsp3) is 0.600. The average molecular weight is 249 g/mol. The van der Waals surface area contributed by atoms with Gasteiger partial charge in [-0.05, 0) is 42.7 Å². The van der Waals surface area contributed by atoms with Crippen LogP contribution in [0.3, 0.4) is 0 Å². The van der Waals surface area contributed by atoms with Crippen molar-refractivity contribution in [3.63, 3.8) is 0 Å². The lowest BCUT2D eigenvalue weighted by Crippen LogP contribution is -2.06. The van der Waals surface area contributed by atoms with E-state index in [1.165, 1.54) is 54.7 Å². The number of hydrogen-bond acceptors (Lipinski definition) is 2. The van der Waals surface area contributed by atoms with E-state index in [9.17, 15) is 0 Å². The molecule has 0 radical (unpaired) electrons. The molecular formula is C15H23NS. The summed E-state index contributed by atoms with van der Waals surface area (Å²) in [6.07, 6.45) is 8.64. The Balaban J connectivity index is 1.79. The molecule has 0 spiro atoms. The standard InChI is InChI=1S/C15H23NS/c1-12-7-8-14(16)11-15(12)17-10-9-13-5-3-2-4-6-13/h7-8,11,13H,2-6,9-10,16H2,1H3. The highest BCUT2D eigenvalue weighted by atomic mass is 32.2. The van der Waals surface area contributed by atoms with Crippen molar-refractivity contribution in [2.75, 3.05) is 11.5 Å². The van der Waals surface area contributed by atoms with E-state index in [0.717, 1.165) is 11.6 Å². The minimum Gasteiger partial charge on any atom is -0.399 e. The number of benzene rings is 1. The quantitative estimate of drug-likeness (QED) is 0.621.